The van der Waals surface area contributed by atoms with Crippen LogP contribution in [0.5, 0.6) is 0 Å². The van der Waals surface area contributed by atoms with Crippen LogP contribution in [-0.2, 0) is 0 Å². The van der Waals surface area contributed by atoms with E-state index in [2.05, 4.69) is 27.2 Å². The van der Waals surface area contributed by atoms with Crippen molar-refractivity contribution in [3.05, 3.63) is 6.42 Å². The molecule has 0 heteroatoms. The Morgan fingerprint density at radius 3 is 1.56 bits per heavy atom. The van der Waals surface area contributed by atoms with Gasteiger partial charge in [-0.05, 0) is 25.2 Å². The molecule has 0 aromatic heterocycles. The zero-order valence-electron chi connectivity index (χ0n) is 6.98. The minimum atomic E-state index is 0.935. The van der Waals surface area contributed by atoms with Crippen LogP contribution in [0.2, 0.25) is 0 Å². The summed E-state index contributed by atoms with van der Waals surface area (Å²) in [6.07, 6.45) is 7.66. The second-order valence-corrected chi connectivity index (χ2v) is 2.79. The van der Waals surface area contributed by atoms with Gasteiger partial charge in [0.25, 0.3) is 0 Å². The van der Waals surface area contributed by atoms with Crippen molar-refractivity contribution in [3.8, 4) is 0 Å². The molecule has 0 spiro atoms. The topological polar surface area (TPSA) is 0 Å². The summed E-state index contributed by atoms with van der Waals surface area (Å²) in [5.74, 6) is 0.935. The molecule has 1 aliphatic carbocycles. The summed E-state index contributed by atoms with van der Waals surface area (Å²) in [7, 11) is 0. The molecule has 0 nitrogen and oxygen atoms in total. The number of hydrogen-bond acceptors (Lipinski definition) is 0. The highest BCUT2D eigenvalue weighted by atomic mass is 14.0. The largest absolute Gasteiger partial charge is 0.0651 e. The first kappa shape index (κ1) is 9.00. The summed E-state index contributed by atoms with van der Waals surface area (Å²) < 4.78 is 0. The molecule has 0 heterocycles. The Balaban J connectivity index is 0.000000173. The molecule has 0 unspecified atom stereocenters. The maximum absolute atomic E-state index is 2.28. The van der Waals surface area contributed by atoms with Crippen molar-refractivity contribution >= 4 is 0 Å². The first-order valence-corrected chi connectivity index (χ1v) is 4.12. The molecule has 1 rings (SSSR count). The molecule has 0 saturated heterocycles. The quantitative estimate of drug-likeness (QED) is 0.533. The molecule has 0 N–H and O–H groups in total. The van der Waals surface area contributed by atoms with Crippen molar-refractivity contribution < 1.29 is 0 Å². The maximum Gasteiger partial charge on any atom is -0.0386 e. The zero-order valence-corrected chi connectivity index (χ0v) is 6.98. The SMILES string of the molecule is CCC(C)CC.[CH]1CC1. The molecule has 0 aromatic rings. The van der Waals surface area contributed by atoms with Crippen LogP contribution in [0.1, 0.15) is 46.5 Å². The first-order chi connectivity index (χ1) is 4.31. The van der Waals surface area contributed by atoms with Crippen molar-refractivity contribution in [3.63, 3.8) is 0 Å². The maximum atomic E-state index is 2.28. The third-order valence-electron chi connectivity index (χ3n) is 1.68. The normalized spacial score (nSPS) is 14.7. The van der Waals surface area contributed by atoms with Crippen molar-refractivity contribution in [1.29, 1.82) is 0 Å². The van der Waals surface area contributed by atoms with Crippen LogP contribution in [0, 0.1) is 12.3 Å². The average molecular weight is 127 g/mol. The summed E-state index contributed by atoms with van der Waals surface area (Å²) in [5.41, 5.74) is 0. The van der Waals surface area contributed by atoms with Gasteiger partial charge in [-0.3, -0.25) is 0 Å². The third-order valence-corrected chi connectivity index (χ3v) is 1.68. The lowest BCUT2D eigenvalue weighted by Gasteiger charge is -1.98. The number of rotatable bonds is 2. The van der Waals surface area contributed by atoms with E-state index in [0.717, 1.165) is 5.92 Å². The Labute approximate surface area is 59.7 Å². The Morgan fingerprint density at radius 1 is 1.22 bits per heavy atom. The molecule has 0 amide bonds. The highest BCUT2D eigenvalue weighted by molar-refractivity contribution is 4.79. The van der Waals surface area contributed by atoms with E-state index in [1.807, 2.05) is 0 Å². The van der Waals surface area contributed by atoms with E-state index in [9.17, 15) is 0 Å². The minimum Gasteiger partial charge on any atom is -0.0651 e. The van der Waals surface area contributed by atoms with E-state index < -0.39 is 0 Å². The molecular weight excluding hydrogens is 108 g/mol. The van der Waals surface area contributed by atoms with E-state index in [4.69, 9.17) is 0 Å². The second kappa shape index (κ2) is 6.12. The molecule has 0 aromatic carbocycles. The van der Waals surface area contributed by atoms with Crippen molar-refractivity contribution in [2.24, 2.45) is 5.92 Å². The van der Waals surface area contributed by atoms with Gasteiger partial charge < -0.3 is 0 Å². The predicted molar refractivity (Wildman–Crippen MR) is 43.3 cm³/mol. The van der Waals surface area contributed by atoms with Gasteiger partial charge in [0.05, 0.1) is 0 Å². The highest BCUT2D eigenvalue weighted by Gasteiger charge is 1.95. The van der Waals surface area contributed by atoms with Gasteiger partial charge in [-0.2, -0.15) is 0 Å². The van der Waals surface area contributed by atoms with Crippen LogP contribution in [0.4, 0.5) is 0 Å². The monoisotopic (exact) mass is 127 g/mol. The Kier molecular flexibility index (Phi) is 6.12. The van der Waals surface area contributed by atoms with Gasteiger partial charge in [0.15, 0.2) is 0 Å². The lowest BCUT2D eigenvalue weighted by Crippen LogP contribution is -1.85. The molecule has 9 heavy (non-hydrogen) atoms. The first-order valence-electron chi connectivity index (χ1n) is 4.12. The fourth-order valence-corrected chi connectivity index (χ4v) is 0.289. The van der Waals surface area contributed by atoms with Crippen molar-refractivity contribution in [1.82, 2.24) is 0 Å². The predicted octanol–water partition coefficient (Wildman–Crippen LogP) is 3.43. The third kappa shape index (κ3) is 11.5. The van der Waals surface area contributed by atoms with E-state index in [-0.39, 0.29) is 0 Å². The number of hydrogen-bond donors (Lipinski definition) is 0. The Hall–Kier alpha value is 0. The van der Waals surface area contributed by atoms with Crippen LogP contribution in [0.3, 0.4) is 0 Å². The molecule has 1 fully saturated rings. The molecule has 0 atom stereocenters. The molecule has 1 radical (unpaired) electrons. The lowest BCUT2D eigenvalue weighted by atomic mass is 10.1. The summed E-state index contributed by atoms with van der Waals surface area (Å²) in [5, 5.41) is 0. The fourth-order valence-electron chi connectivity index (χ4n) is 0.289. The molecule has 0 bridgehead atoms. The Bertz CT molecular complexity index is 39.2. The molecule has 55 valence electrons. The van der Waals surface area contributed by atoms with Gasteiger partial charge in [-0.15, -0.1) is 0 Å². The zero-order chi connectivity index (χ0) is 7.11. The summed E-state index contributed by atoms with van der Waals surface area (Å²) in [6.45, 7) is 6.74. The van der Waals surface area contributed by atoms with Crippen molar-refractivity contribution in [2.75, 3.05) is 0 Å². The Morgan fingerprint density at radius 2 is 1.56 bits per heavy atom. The van der Waals surface area contributed by atoms with Gasteiger partial charge in [0, 0.05) is 0 Å². The molecule has 1 aliphatic rings. The standard InChI is InChI=1S/C6H14.C3H5/c1-4-6(3)5-2;1-2-3-1/h6H,4-5H2,1-3H3;1H,2-3H2. The fraction of sp³-hybridized carbons (Fsp3) is 0.889. The molecular formula is C9H19. The van der Waals surface area contributed by atoms with Crippen LogP contribution in [-0.4, -0.2) is 0 Å². The molecule has 0 aliphatic heterocycles. The minimum absolute atomic E-state index is 0.935. The van der Waals surface area contributed by atoms with Crippen LogP contribution < -0.4 is 0 Å². The van der Waals surface area contributed by atoms with Crippen molar-refractivity contribution in [2.45, 2.75) is 46.5 Å². The van der Waals surface area contributed by atoms with Gasteiger partial charge in [0.2, 0.25) is 0 Å². The van der Waals surface area contributed by atoms with Crippen LogP contribution in [0.25, 0.3) is 0 Å². The van der Waals surface area contributed by atoms with E-state index >= 15 is 0 Å². The van der Waals surface area contributed by atoms with Gasteiger partial charge in [0.1, 0.15) is 0 Å². The van der Waals surface area contributed by atoms with Crippen LogP contribution >= 0.6 is 0 Å². The van der Waals surface area contributed by atoms with Crippen LogP contribution in [0.15, 0.2) is 0 Å². The van der Waals surface area contributed by atoms with Gasteiger partial charge in [-0.1, -0.05) is 33.6 Å². The summed E-state index contributed by atoms with van der Waals surface area (Å²) in [6, 6.07) is 0. The molecule has 1 saturated carbocycles. The average Bonchev–Trinajstić information content (AvgIpc) is 2.70. The summed E-state index contributed by atoms with van der Waals surface area (Å²) >= 11 is 0. The second-order valence-electron chi connectivity index (χ2n) is 2.79. The van der Waals surface area contributed by atoms with Gasteiger partial charge in [-0.25, -0.2) is 0 Å². The van der Waals surface area contributed by atoms with Gasteiger partial charge >= 0.3 is 0 Å². The summed E-state index contributed by atoms with van der Waals surface area (Å²) in [4.78, 5) is 0. The lowest BCUT2D eigenvalue weighted by molar-refractivity contribution is 0.544. The van der Waals surface area contributed by atoms with E-state index in [1.54, 1.807) is 0 Å². The smallest absolute Gasteiger partial charge is 0.0386 e. The van der Waals surface area contributed by atoms with E-state index in [1.165, 1.54) is 25.7 Å². The highest BCUT2D eigenvalue weighted by Crippen LogP contribution is 2.12. The van der Waals surface area contributed by atoms with E-state index in [0.29, 0.717) is 0 Å².